The Morgan fingerprint density at radius 2 is 1.62 bits per heavy atom. The number of para-hydroxylation sites is 1. The molecule has 1 aliphatic heterocycles. The van der Waals surface area contributed by atoms with E-state index in [9.17, 15) is 18.4 Å². The third kappa shape index (κ3) is 7.07. The zero-order chi connectivity index (χ0) is 29.6. The number of hydrogen-bond donors (Lipinski definition) is 2. The SMILES string of the molecule is Cc1cccc(CN(C(=O)C2CNCC[C@@H]2NC(=O)c2ccc(OCCOc3c(F)cccc3F)cc2)C2CC2)c1C. The molecule has 5 rings (SSSR count). The van der Waals surface area contributed by atoms with Crippen LogP contribution in [0, 0.1) is 31.4 Å². The molecule has 2 N–H and O–H groups in total. The maximum atomic E-state index is 13.9. The van der Waals surface area contributed by atoms with E-state index in [1.165, 1.54) is 17.2 Å². The van der Waals surface area contributed by atoms with E-state index in [1.54, 1.807) is 24.3 Å². The van der Waals surface area contributed by atoms with Crippen molar-refractivity contribution in [2.75, 3.05) is 26.3 Å². The largest absolute Gasteiger partial charge is 0.490 e. The summed E-state index contributed by atoms with van der Waals surface area (Å²) in [6.45, 7) is 6.03. The highest BCUT2D eigenvalue weighted by Crippen LogP contribution is 2.32. The molecule has 1 heterocycles. The van der Waals surface area contributed by atoms with Crippen LogP contribution in [0.4, 0.5) is 8.78 Å². The number of piperidine rings is 1. The van der Waals surface area contributed by atoms with Crippen LogP contribution in [0.25, 0.3) is 0 Å². The van der Waals surface area contributed by atoms with Crippen molar-refractivity contribution in [3.8, 4) is 11.5 Å². The van der Waals surface area contributed by atoms with E-state index in [1.807, 2.05) is 11.0 Å². The number of halogens is 2. The highest BCUT2D eigenvalue weighted by atomic mass is 19.1. The Balaban J connectivity index is 1.17. The fourth-order valence-corrected chi connectivity index (χ4v) is 5.32. The van der Waals surface area contributed by atoms with Crippen molar-refractivity contribution in [3.05, 3.63) is 94.6 Å². The Kier molecular flexibility index (Phi) is 9.37. The van der Waals surface area contributed by atoms with Crippen LogP contribution in [0.1, 0.15) is 46.3 Å². The molecule has 1 aliphatic carbocycles. The van der Waals surface area contributed by atoms with Crippen LogP contribution < -0.4 is 20.1 Å². The number of carbonyl (C=O) groups excluding carboxylic acids is 2. The summed E-state index contributed by atoms with van der Waals surface area (Å²) in [5.74, 6) is -2.02. The van der Waals surface area contributed by atoms with Gasteiger partial charge in [-0.2, -0.15) is 0 Å². The predicted molar refractivity (Wildman–Crippen MR) is 156 cm³/mol. The number of nitrogens with zero attached hydrogens (tertiary/aromatic N) is 1. The van der Waals surface area contributed by atoms with Crippen molar-refractivity contribution >= 4 is 11.8 Å². The zero-order valence-electron chi connectivity index (χ0n) is 24.0. The molecule has 222 valence electrons. The minimum absolute atomic E-state index is 0.0491. The molecule has 3 aromatic rings. The Hall–Kier alpha value is -3.98. The first kappa shape index (κ1) is 29.5. The smallest absolute Gasteiger partial charge is 0.251 e. The first-order chi connectivity index (χ1) is 20.3. The molecule has 2 fully saturated rings. The van der Waals surface area contributed by atoms with Crippen molar-refractivity contribution in [1.29, 1.82) is 0 Å². The van der Waals surface area contributed by atoms with Crippen LogP contribution in [0.2, 0.25) is 0 Å². The quantitative estimate of drug-likeness (QED) is 0.316. The summed E-state index contributed by atoms with van der Waals surface area (Å²) in [5.41, 5.74) is 4.03. The molecule has 9 heteroatoms. The molecule has 3 aromatic carbocycles. The molecule has 2 aliphatic rings. The second kappa shape index (κ2) is 13.3. The average molecular weight is 578 g/mol. The molecule has 0 radical (unpaired) electrons. The zero-order valence-corrected chi connectivity index (χ0v) is 24.0. The Morgan fingerprint density at radius 3 is 2.33 bits per heavy atom. The van der Waals surface area contributed by atoms with Gasteiger partial charge in [0.1, 0.15) is 19.0 Å². The number of amides is 2. The van der Waals surface area contributed by atoms with Gasteiger partial charge in [-0.3, -0.25) is 9.59 Å². The van der Waals surface area contributed by atoms with E-state index in [0.29, 0.717) is 30.8 Å². The van der Waals surface area contributed by atoms with Gasteiger partial charge in [-0.05, 0) is 92.7 Å². The number of ether oxygens (including phenoxy) is 2. The fourth-order valence-electron chi connectivity index (χ4n) is 5.32. The van der Waals surface area contributed by atoms with Crippen molar-refractivity contribution < 1.29 is 27.8 Å². The lowest BCUT2D eigenvalue weighted by atomic mass is 9.91. The van der Waals surface area contributed by atoms with E-state index >= 15 is 0 Å². The Morgan fingerprint density at radius 1 is 0.929 bits per heavy atom. The maximum absolute atomic E-state index is 13.9. The predicted octanol–water partition coefficient (Wildman–Crippen LogP) is 4.94. The number of nitrogens with one attached hydrogen (secondary N) is 2. The van der Waals surface area contributed by atoms with Gasteiger partial charge in [0.05, 0.1) is 5.92 Å². The van der Waals surface area contributed by atoms with Crippen LogP contribution in [-0.4, -0.2) is 55.1 Å². The molecule has 2 amide bonds. The molecule has 2 atom stereocenters. The average Bonchev–Trinajstić information content (AvgIpc) is 3.83. The second-order valence-corrected chi connectivity index (χ2v) is 11.0. The summed E-state index contributed by atoms with van der Waals surface area (Å²) in [7, 11) is 0. The van der Waals surface area contributed by atoms with Crippen molar-refractivity contribution in [2.45, 2.75) is 51.7 Å². The lowest BCUT2D eigenvalue weighted by Gasteiger charge is -2.36. The summed E-state index contributed by atoms with van der Waals surface area (Å²) < 4.78 is 38.1. The number of benzene rings is 3. The first-order valence-corrected chi connectivity index (χ1v) is 14.5. The Bertz CT molecular complexity index is 1390. The minimum atomic E-state index is -0.773. The molecule has 0 bridgehead atoms. The van der Waals surface area contributed by atoms with Crippen LogP contribution in [-0.2, 0) is 11.3 Å². The maximum Gasteiger partial charge on any atom is 0.251 e. The third-order valence-electron chi connectivity index (χ3n) is 8.08. The molecule has 1 saturated carbocycles. The first-order valence-electron chi connectivity index (χ1n) is 14.5. The van der Waals surface area contributed by atoms with Crippen molar-refractivity contribution in [1.82, 2.24) is 15.5 Å². The summed E-state index contributed by atoms with van der Waals surface area (Å²) in [6, 6.07) is 16.3. The summed E-state index contributed by atoms with van der Waals surface area (Å²) >= 11 is 0. The van der Waals surface area contributed by atoms with E-state index < -0.39 is 17.4 Å². The summed E-state index contributed by atoms with van der Waals surface area (Å²) in [5, 5.41) is 6.45. The number of rotatable bonds is 11. The van der Waals surface area contributed by atoms with Gasteiger partial charge in [0.15, 0.2) is 17.4 Å². The van der Waals surface area contributed by atoms with Crippen LogP contribution in [0.3, 0.4) is 0 Å². The Labute approximate surface area is 245 Å². The lowest BCUT2D eigenvalue weighted by molar-refractivity contribution is -0.138. The molecular weight excluding hydrogens is 540 g/mol. The highest BCUT2D eigenvalue weighted by Gasteiger charge is 2.40. The normalized spacial score (nSPS) is 18.3. The minimum Gasteiger partial charge on any atom is -0.490 e. The van der Waals surface area contributed by atoms with Gasteiger partial charge < -0.3 is 25.0 Å². The number of aryl methyl sites for hydroxylation is 1. The summed E-state index contributed by atoms with van der Waals surface area (Å²) in [6.07, 6.45) is 2.68. The van der Waals surface area contributed by atoms with E-state index in [-0.39, 0.29) is 43.0 Å². The molecule has 1 unspecified atom stereocenters. The van der Waals surface area contributed by atoms with E-state index in [4.69, 9.17) is 9.47 Å². The standard InChI is InChI=1S/C33H37F2N3O4/c1-21-5-3-6-24(22(21)2)20-38(25-11-12-25)33(40)27-19-36-16-15-30(27)37-32(39)23-9-13-26(14-10-23)41-17-18-42-31-28(34)7-4-8-29(31)35/h3-10,13-14,25,27,30,36H,11-12,15-20H2,1-2H3,(H,37,39)/t27?,30-/m0/s1. The monoisotopic (exact) mass is 577 g/mol. The van der Waals surface area contributed by atoms with Gasteiger partial charge in [0, 0.05) is 30.7 Å². The molecule has 0 aromatic heterocycles. The molecule has 7 nitrogen and oxygen atoms in total. The lowest BCUT2D eigenvalue weighted by Crippen LogP contribution is -2.55. The van der Waals surface area contributed by atoms with Gasteiger partial charge in [-0.15, -0.1) is 0 Å². The fraction of sp³-hybridized carbons (Fsp3) is 0.394. The third-order valence-corrected chi connectivity index (χ3v) is 8.08. The van der Waals surface area contributed by atoms with Gasteiger partial charge in [0.2, 0.25) is 5.91 Å². The molecule has 42 heavy (non-hydrogen) atoms. The highest BCUT2D eigenvalue weighted by molar-refractivity contribution is 5.95. The van der Waals surface area contributed by atoms with E-state index in [2.05, 4.69) is 36.6 Å². The van der Waals surface area contributed by atoms with Crippen molar-refractivity contribution in [2.24, 2.45) is 5.92 Å². The van der Waals surface area contributed by atoms with Gasteiger partial charge in [0.25, 0.3) is 5.91 Å². The molecule has 1 saturated heterocycles. The van der Waals surface area contributed by atoms with Gasteiger partial charge in [-0.25, -0.2) is 8.78 Å². The number of carbonyl (C=O) groups is 2. The van der Waals surface area contributed by atoms with Crippen LogP contribution >= 0.6 is 0 Å². The van der Waals surface area contributed by atoms with E-state index in [0.717, 1.165) is 37.1 Å². The topological polar surface area (TPSA) is 79.9 Å². The molecular formula is C33H37F2N3O4. The number of hydrogen-bond acceptors (Lipinski definition) is 5. The summed E-state index contributed by atoms with van der Waals surface area (Å²) in [4.78, 5) is 29.1. The van der Waals surface area contributed by atoms with Gasteiger partial charge >= 0.3 is 0 Å². The molecule has 0 spiro atoms. The second-order valence-electron chi connectivity index (χ2n) is 11.0. The van der Waals surface area contributed by atoms with Gasteiger partial charge in [-0.1, -0.05) is 24.3 Å². The van der Waals surface area contributed by atoms with Crippen molar-refractivity contribution in [3.63, 3.8) is 0 Å². The van der Waals surface area contributed by atoms with Crippen LogP contribution in [0.15, 0.2) is 60.7 Å². The van der Waals surface area contributed by atoms with Crippen LogP contribution in [0.5, 0.6) is 11.5 Å².